The summed E-state index contributed by atoms with van der Waals surface area (Å²) >= 11 is 1.91. The van der Waals surface area contributed by atoms with Crippen LogP contribution >= 0.6 is 11.3 Å². The Morgan fingerprint density at radius 2 is 0.807 bits per heavy atom. The van der Waals surface area contributed by atoms with Gasteiger partial charge in [0.15, 0.2) is 0 Å². The molecule has 2 heteroatoms. The van der Waals surface area contributed by atoms with Crippen LogP contribution in [0, 0.1) is 0 Å². The second kappa shape index (κ2) is 12.7. The molecule has 0 saturated carbocycles. The molecule has 12 rings (SSSR count). The normalized spacial score (nSPS) is 11.9. The molecule has 0 unspecified atom stereocenters. The second-order valence-corrected chi connectivity index (χ2v) is 16.0. The molecule has 57 heavy (non-hydrogen) atoms. The molecular weight excluding hydrogens is 707 g/mol. The van der Waals surface area contributed by atoms with Gasteiger partial charge in [-0.25, -0.2) is 0 Å². The van der Waals surface area contributed by atoms with E-state index in [0.717, 1.165) is 10.9 Å². The molecule has 0 aliphatic heterocycles. The Hall–Kier alpha value is -7.13. The van der Waals surface area contributed by atoms with Crippen LogP contribution in [-0.4, -0.2) is 4.98 Å². The molecule has 0 bridgehead atoms. The number of benzene rings is 10. The van der Waals surface area contributed by atoms with Crippen LogP contribution in [0.4, 0.5) is 0 Å². The third kappa shape index (κ3) is 4.91. The molecule has 0 amide bonds. The summed E-state index contributed by atoms with van der Waals surface area (Å²) in [4.78, 5) is 4.72. The number of fused-ring (bicyclic) bond motifs is 8. The fourth-order valence-corrected chi connectivity index (χ4v) is 10.7. The van der Waals surface area contributed by atoms with Crippen LogP contribution in [0.25, 0.3) is 119 Å². The van der Waals surface area contributed by atoms with Gasteiger partial charge >= 0.3 is 0 Å². The average molecular weight is 740 g/mol. The van der Waals surface area contributed by atoms with Crippen molar-refractivity contribution in [3.8, 4) is 44.5 Å². The molecule has 2 heterocycles. The summed E-state index contributed by atoms with van der Waals surface area (Å²) in [5.41, 5.74) is 11.1. The maximum atomic E-state index is 4.72. The number of rotatable bonds is 4. The zero-order chi connectivity index (χ0) is 37.5. The molecule has 0 atom stereocenters. The summed E-state index contributed by atoms with van der Waals surface area (Å²) in [6.07, 6.45) is 1.88. The van der Waals surface area contributed by atoms with E-state index < -0.39 is 0 Å². The van der Waals surface area contributed by atoms with Crippen molar-refractivity contribution in [3.63, 3.8) is 0 Å². The fourth-order valence-electron chi connectivity index (χ4n) is 9.46. The lowest BCUT2D eigenvalue weighted by Gasteiger charge is -2.18. The minimum atomic E-state index is 1.01. The first-order valence-electron chi connectivity index (χ1n) is 19.5. The molecule has 0 N–H and O–H groups in total. The zero-order valence-electron chi connectivity index (χ0n) is 30.9. The lowest BCUT2D eigenvalue weighted by atomic mass is 9.85. The molecule has 12 aromatic rings. The Morgan fingerprint density at radius 3 is 1.40 bits per heavy atom. The molecule has 2 aromatic heterocycles. The minimum absolute atomic E-state index is 1.01. The number of hydrogen-bond donors (Lipinski definition) is 0. The predicted molar refractivity (Wildman–Crippen MR) is 246 cm³/mol. The van der Waals surface area contributed by atoms with Crippen molar-refractivity contribution < 1.29 is 0 Å². The first-order chi connectivity index (χ1) is 28.3. The highest BCUT2D eigenvalue weighted by atomic mass is 32.1. The van der Waals surface area contributed by atoms with Gasteiger partial charge in [-0.2, -0.15) is 0 Å². The maximum Gasteiger partial charge on any atom is 0.0708 e. The Balaban J connectivity index is 1.10. The van der Waals surface area contributed by atoms with E-state index in [1.165, 1.54) is 108 Å². The van der Waals surface area contributed by atoms with E-state index >= 15 is 0 Å². The van der Waals surface area contributed by atoms with Gasteiger partial charge in [0.2, 0.25) is 0 Å². The number of nitrogens with zero attached hydrogens (tertiary/aromatic N) is 1. The summed E-state index contributed by atoms with van der Waals surface area (Å²) in [6.45, 7) is 0. The summed E-state index contributed by atoms with van der Waals surface area (Å²) in [6, 6.07) is 71.4. The van der Waals surface area contributed by atoms with E-state index in [-0.39, 0.29) is 0 Å². The first-order valence-corrected chi connectivity index (χ1v) is 20.4. The van der Waals surface area contributed by atoms with Crippen LogP contribution in [0.2, 0.25) is 0 Å². The maximum absolute atomic E-state index is 4.72. The van der Waals surface area contributed by atoms with E-state index in [9.17, 15) is 0 Å². The molecular formula is C55H33NS. The van der Waals surface area contributed by atoms with Crippen molar-refractivity contribution in [1.29, 1.82) is 0 Å². The summed E-state index contributed by atoms with van der Waals surface area (Å²) in [5, 5.41) is 13.9. The number of pyridine rings is 1. The number of aromatic nitrogens is 1. The van der Waals surface area contributed by atoms with Crippen molar-refractivity contribution >= 4 is 85.5 Å². The molecule has 0 radical (unpaired) electrons. The topological polar surface area (TPSA) is 12.9 Å². The third-order valence-electron chi connectivity index (χ3n) is 11.9. The van der Waals surface area contributed by atoms with Gasteiger partial charge < -0.3 is 0 Å². The Morgan fingerprint density at radius 1 is 0.316 bits per heavy atom. The van der Waals surface area contributed by atoms with Crippen molar-refractivity contribution in [2.24, 2.45) is 0 Å². The Bertz CT molecular complexity index is 3460. The molecule has 1 nitrogen and oxygen atoms in total. The summed E-state index contributed by atoms with van der Waals surface area (Å²) in [7, 11) is 0. The highest BCUT2D eigenvalue weighted by Crippen LogP contribution is 2.49. The van der Waals surface area contributed by atoms with Crippen LogP contribution in [0.3, 0.4) is 0 Å². The minimum Gasteiger partial charge on any atom is -0.256 e. The first kappa shape index (κ1) is 32.1. The van der Waals surface area contributed by atoms with Crippen molar-refractivity contribution in [1.82, 2.24) is 4.98 Å². The van der Waals surface area contributed by atoms with Gasteiger partial charge in [-0.1, -0.05) is 176 Å². The number of hydrogen-bond acceptors (Lipinski definition) is 2. The van der Waals surface area contributed by atoms with Crippen molar-refractivity contribution in [3.05, 3.63) is 200 Å². The SMILES string of the molecule is c1ccc(-c2c3ccccc3c(-c3ccc4c(c3)sc3c(-c5c6ccccc6c(-c6ccc7cccnc7c6)c6ccccc56)cccc34)c3ccccc23)cc1. The van der Waals surface area contributed by atoms with Gasteiger partial charge in [0, 0.05) is 37.3 Å². The van der Waals surface area contributed by atoms with Gasteiger partial charge in [-0.3, -0.25) is 4.98 Å². The van der Waals surface area contributed by atoms with E-state index in [0.29, 0.717) is 0 Å². The number of thiophene rings is 1. The van der Waals surface area contributed by atoms with Crippen LogP contribution in [0.1, 0.15) is 0 Å². The molecule has 264 valence electrons. The van der Waals surface area contributed by atoms with Crippen molar-refractivity contribution in [2.75, 3.05) is 0 Å². The lowest BCUT2D eigenvalue weighted by molar-refractivity contribution is 1.41. The quantitative estimate of drug-likeness (QED) is 0.164. The van der Waals surface area contributed by atoms with E-state index in [1.54, 1.807) is 0 Å². The lowest BCUT2D eigenvalue weighted by Crippen LogP contribution is -1.91. The second-order valence-electron chi connectivity index (χ2n) is 15.0. The highest BCUT2D eigenvalue weighted by molar-refractivity contribution is 7.26. The predicted octanol–water partition coefficient (Wildman–Crippen LogP) is 15.9. The molecule has 0 saturated heterocycles. The molecule has 10 aromatic carbocycles. The van der Waals surface area contributed by atoms with Gasteiger partial charge in [0.1, 0.15) is 0 Å². The fraction of sp³-hybridized carbons (Fsp3) is 0. The zero-order valence-corrected chi connectivity index (χ0v) is 31.7. The van der Waals surface area contributed by atoms with Gasteiger partial charge in [0.05, 0.1) is 5.52 Å². The standard InChI is InChI=1S/C55H33NS/c1-2-14-35(15-3-1)51-39-17-4-6-19-41(39)53(42-20-7-5-18-40(42)51)37-29-30-38-47-25-12-26-48(55(47)57-50(38)33-37)54-45-23-10-8-21-43(45)52(44-22-9-11-24-46(44)54)36-28-27-34-16-13-31-56-49(34)32-36/h1-33H. The molecule has 0 aliphatic rings. The summed E-state index contributed by atoms with van der Waals surface area (Å²) < 4.78 is 2.61. The average Bonchev–Trinajstić information content (AvgIpc) is 3.66. The van der Waals surface area contributed by atoms with E-state index in [4.69, 9.17) is 4.98 Å². The largest absolute Gasteiger partial charge is 0.256 e. The molecule has 0 fully saturated rings. The van der Waals surface area contributed by atoms with Gasteiger partial charge in [-0.05, 0) is 100 Å². The van der Waals surface area contributed by atoms with Crippen LogP contribution in [0.5, 0.6) is 0 Å². The van der Waals surface area contributed by atoms with Crippen LogP contribution in [0.15, 0.2) is 200 Å². The van der Waals surface area contributed by atoms with Crippen molar-refractivity contribution in [2.45, 2.75) is 0 Å². The Labute approximate surface area is 333 Å². The summed E-state index contributed by atoms with van der Waals surface area (Å²) in [5.74, 6) is 0. The Kier molecular flexibility index (Phi) is 7.17. The van der Waals surface area contributed by atoms with Gasteiger partial charge in [-0.15, -0.1) is 11.3 Å². The third-order valence-corrected chi connectivity index (χ3v) is 13.1. The smallest absolute Gasteiger partial charge is 0.0708 e. The van der Waals surface area contributed by atoms with Gasteiger partial charge in [0.25, 0.3) is 0 Å². The monoisotopic (exact) mass is 739 g/mol. The van der Waals surface area contributed by atoms with E-state index in [1.807, 2.05) is 23.6 Å². The van der Waals surface area contributed by atoms with E-state index in [2.05, 4.69) is 188 Å². The highest BCUT2D eigenvalue weighted by Gasteiger charge is 2.21. The molecule has 0 aliphatic carbocycles. The molecule has 0 spiro atoms. The van der Waals surface area contributed by atoms with Crippen LogP contribution in [-0.2, 0) is 0 Å². The van der Waals surface area contributed by atoms with Crippen LogP contribution < -0.4 is 0 Å².